The smallest absolute Gasteiger partial charge is 0.320 e. The average Bonchev–Trinajstić information content (AvgIpc) is 2.65. The maximum absolute atomic E-state index is 12.5. The molecule has 2 saturated heterocycles. The molecule has 0 aromatic heterocycles. The van der Waals surface area contributed by atoms with Crippen molar-refractivity contribution in [2.24, 2.45) is 11.8 Å². The summed E-state index contributed by atoms with van der Waals surface area (Å²) in [6, 6.07) is -0.0849. The van der Waals surface area contributed by atoms with Gasteiger partial charge in [0.15, 0.2) is 0 Å². The first-order valence-electron chi connectivity index (χ1n) is 7.29. The molecule has 3 atom stereocenters. The molecular weight excluding hydrogens is 260 g/mol. The number of carbonyl (C=O) groups excluding carboxylic acids is 1. The third-order valence-electron chi connectivity index (χ3n) is 4.53. The van der Waals surface area contributed by atoms with Crippen LogP contribution in [0.2, 0.25) is 0 Å². The minimum Gasteiger partial charge on any atom is -0.481 e. The predicted octanol–water partition coefficient (Wildman–Crippen LogP) is 0.996. The Balaban J connectivity index is 1.97. The second-order valence-electron chi connectivity index (χ2n) is 6.45. The Morgan fingerprint density at radius 2 is 1.85 bits per heavy atom. The van der Waals surface area contributed by atoms with Gasteiger partial charge in [0.2, 0.25) is 0 Å². The van der Waals surface area contributed by atoms with Gasteiger partial charge in [0.25, 0.3) is 0 Å². The van der Waals surface area contributed by atoms with E-state index in [4.69, 9.17) is 5.11 Å². The van der Waals surface area contributed by atoms with Crippen molar-refractivity contribution in [1.29, 1.82) is 0 Å². The minimum atomic E-state index is -0.827. The van der Waals surface area contributed by atoms with Crippen LogP contribution in [0.25, 0.3) is 0 Å². The molecule has 0 saturated carbocycles. The highest BCUT2D eigenvalue weighted by Crippen LogP contribution is 2.26. The summed E-state index contributed by atoms with van der Waals surface area (Å²) in [6.07, 6.45) is 2.06. The molecule has 0 aliphatic carbocycles. The molecule has 2 amide bonds. The first-order valence-corrected chi connectivity index (χ1v) is 7.29. The maximum Gasteiger partial charge on any atom is 0.320 e. The largest absolute Gasteiger partial charge is 0.481 e. The maximum atomic E-state index is 12.5. The SMILES string of the molecule is CC1CN(C(=O)N2CCCC(C)(O)CC2)CC1C(=O)O. The standard InChI is InChI=1S/C14H24N2O4/c1-10-8-16(9-11(10)12(17)18)13(19)15-6-3-4-14(2,20)5-7-15/h10-11,20H,3-9H2,1-2H3,(H,17,18). The summed E-state index contributed by atoms with van der Waals surface area (Å²) >= 11 is 0. The summed E-state index contributed by atoms with van der Waals surface area (Å²) in [5, 5.41) is 19.2. The van der Waals surface area contributed by atoms with Gasteiger partial charge in [-0.25, -0.2) is 4.79 Å². The summed E-state index contributed by atoms with van der Waals surface area (Å²) in [5.41, 5.74) is -0.697. The number of nitrogens with zero attached hydrogens (tertiary/aromatic N) is 2. The number of carboxylic acid groups (broad SMARTS) is 1. The van der Waals surface area contributed by atoms with Crippen molar-refractivity contribution in [3.8, 4) is 0 Å². The van der Waals surface area contributed by atoms with Crippen molar-refractivity contribution >= 4 is 12.0 Å². The van der Waals surface area contributed by atoms with E-state index in [1.54, 1.807) is 16.7 Å². The Kier molecular flexibility index (Phi) is 4.22. The summed E-state index contributed by atoms with van der Waals surface area (Å²) in [7, 11) is 0. The molecule has 2 fully saturated rings. The van der Waals surface area contributed by atoms with Crippen molar-refractivity contribution in [3.05, 3.63) is 0 Å². The molecular formula is C14H24N2O4. The fourth-order valence-corrected chi connectivity index (χ4v) is 3.10. The van der Waals surface area contributed by atoms with Crippen LogP contribution in [0.3, 0.4) is 0 Å². The Bertz CT molecular complexity index is 397. The van der Waals surface area contributed by atoms with Crippen molar-refractivity contribution < 1.29 is 19.8 Å². The van der Waals surface area contributed by atoms with E-state index in [9.17, 15) is 14.7 Å². The summed E-state index contributed by atoms with van der Waals surface area (Å²) in [4.78, 5) is 27.0. The van der Waals surface area contributed by atoms with E-state index in [1.165, 1.54) is 0 Å². The molecule has 114 valence electrons. The number of carbonyl (C=O) groups is 2. The lowest BCUT2D eigenvalue weighted by atomic mass is 9.98. The monoisotopic (exact) mass is 284 g/mol. The minimum absolute atomic E-state index is 0.00784. The van der Waals surface area contributed by atoms with Crippen LogP contribution in [0.15, 0.2) is 0 Å². The number of likely N-dealkylation sites (tertiary alicyclic amines) is 2. The van der Waals surface area contributed by atoms with Gasteiger partial charge >= 0.3 is 12.0 Å². The van der Waals surface area contributed by atoms with Gasteiger partial charge in [-0.15, -0.1) is 0 Å². The fourth-order valence-electron chi connectivity index (χ4n) is 3.10. The van der Waals surface area contributed by atoms with E-state index in [-0.39, 0.29) is 11.9 Å². The van der Waals surface area contributed by atoms with Crippen molar-refractivity contribution in [1.82, 2.24) is 9.80 Å². The zero-order valence-corrected chi connectivity index (χ0v) is 12.2. The first-order chi connectivity index (χ1) is 9.30. The predicted molar refractivity (Wildman–Crippen MR) is 73.3 cm³/mol. The molecule has 20 heavy (non-hydrogen) atoms. The molecule has 0 aromatic carbocycles. The lowest BCUT2D eigenvalue weighted by Gasteiger charge is -2.27. The van der Waals surface area contributed by atoms with E-state index in [1.807, 2.05) is 6.92 Å². The van der Waals surface area contributed by atoms with Crippen molar-refractivity contribution in [3.63, 3.8) is 0 Å². The molecule has 0 bridgehead atoms. The number of aliphatic carboxylic acids is 1. The number of hydrogen-bond acceptors (Lipinski definition) is 3. The van der Waals surface area contributed by atoms with Crippen molar-refractivity contribution in [2.45, 2.75) is 38.7 Å². The molecule has 0 aromatic rings. The second kappa shape index (κ2) is 5.60. The van der Waals surface area contributed by atoms with Crippen LogP contribution < -0.4 is 0 Å². The Hall–Kier alpha value is -1.30. The molecule has 0 spiro atoms. The summed E-state index contributed by atoms with van der Waals surface area (Å²) in [6.45, 7) is 5.65. The molecule has 6 heteroatoms. The van der Waals surface area contributed by atoms with Crippen LogP contribution >= 0.6 is 0 Å². The molecule has 3 unspecified atom stereocenters. The number of amides is 2. The number of rotatable bonds is 1. The van der Waals surface area contributed by atoms with Gasteiger partial charge in [0.1, 0.15) is 0 Å². The van der Waals surface area contributed by atoms with E-state index < -0.39 is 17.5 Å². The molecule has 0 radical (unpaired) electrons. The quantitative estimate of drug-likeness (QED) is 0.752. The number of carboxylic acids is 1. The lowest BCUT2D eigenvalue weighted by molar-refractivity contribution is -0.142. The Morgan fingerprint density at radius 1 is 1.15 bits per heavy atom. The summed E-state index contributed by atoms with van der Waals surface area (Å²) in [5.74, 6) is -1.30. The molecule has 2 heterocycles. The zero-order chi connectivity index (χ0) is 14.9. The molecule has 2 rings (SSSR count). The Labute approximate surface area is 119 Å². The highest BCUT2D eigenvalue weighted by molar-refractivity contribution is 5.77. The van der Waals surface area contributed by atoms with Gasteiger partial charge in [-0.2, -0.15) is 0 Å². The van der Waals surface area contributed by atoms with Gasteiger partial charge in [0, 0.05) is 26.2 Å². The van der Waals surface area contributed by atoms with Crippen LogP contribution in [-0.4, -0.2) is 63.8 Å². The second-order valence-corrected chi connectivity index (χ2v) is 6.45. The summed E-state index contributed by atoms with van der Waals surface area (Å²) < 4.78 is 0. The zero-order valence-electron chi connectivity index (χ0n) is 12.2. The fraction of sp³-hybridized carbons (Fsp3) is 0.857. The first kappa shape index (κ1) is 15.1. The van der Waals surface area contributed by atoms with Crippen LogP contribution in [0.1, 0.15) is 33.1 Å². The van der Waals surface area contributed by atoms with Crippen molar-refractivity contribution in [2.75, 3.05) is 26.2 Å². The number of hydrogen-bond donors (Lipinski definition) is 2. The highest BCUT2D eigenvalue weighted by Gasteiger charge is 2.39. The molecule has 6 nitrogen and oxygen atoms in total. The number of aliphatic hydroxyl groups is 1. The van der Waals surface area contributed by atoms with Gasteiger partial charge in [-0.1, -0.05) is 6.92 Å². The average molecular weight is 284 g/mol. The van der Waals surface area contributed by atoms with E-state index in [0.29, 0.717) is 39.0 Å². The highest BCUT2D eigenvalue weighted by atomic mass is 16.4. The molecule has 2 aliphatic heterocycles. The van der Waals surface area contributed by atoms with E-state index in [0.717, 1.165) is 6.42 Å². The normalized spacial score (nSPS) is 35.0. The van der Waals surface area contributed by atoms with Crippen LogP contribution in [0.4, 0.5) is 4.79 Å². The lowest BCUT2D eigenvalue weighted by Crippen LogP contribution is -2.43. The van der Waals surface area contributed by atoms with E-state index in [2.05, 4.69) is 0 Å². The molecule has 2 aliphatic rings. The number of urea groups is 1. The van der Waals surface area contributed by atoms with Gasteiger partial charge in [-0.3, -0.25) is 4.79 Å². The molecule has 2 N–H and O–H groups in total. The van der Waals surface area contributed by atoms with Crippen LogP contribution in [0, 0.1) is 11.8 Å². The van der Waals surface area contributed by atoms with Gasteiger partial charge < -0.3 is 20.0 Å². The Morgan fingerprint density at radius 3 is 2.45 bits per heavy atom. The topological polar surface area (TPSA) is 81.1 Å². The van der Waals surface area contributed by atoms with Crippen LogP contribution in [0.5, 0.6) is 0 Å². The van der Waals surface area contributed by atoms with Crippen LogP contribution in [-0.2, 0) is 4.79 Å². The third kappa shape index (κ3) is 3.23. The van der Waals surface area contributed by atoms with Gasteiger partial charge in [0.05, 0.1) is 11.5 Å². The third-order valence-corrected chi connectivity index (χ3v) is 4.53. The van der Waals surface area contributed by atoms with E-state index >= 15 is 0 Å². The van der Waals surface area contributed by atoms with Gasteiger partial charge in [-0.05, 0) is 32.1 Å².